The largest absolute Gasteiger partial charge is 0.322 e. The van der Waals surface area contributed by atoms with Gasteiger partial charge in [0.15, 0.2) is 0 Å². The molecule has 0 aliphatic carbocycles. The van der Waals surface area contributed by atoms with Gasteiger partial charge in [-0.15, -0.1) is 11.3 Å². The zero-order valence-electron chi connectivity index (χ0n) is 12.3. The molecule has 0 amide bonds. The highest BCUT2D eigenvalue weighted by atomic mass is 32.1. The molecule has 6 heteroatoms. The fraction of sp³-hybridized carbons (Fsp3) is 0.118. The molecule has 0 saturated heterocycles. The van der Waals surface area contributed by atoms with Crippen molar-refractivity contribution in [1.29, 1.82) is 0 Å². The molecule has 5 nitrogen and oxygen atoms in total. The van der Waals surface area contributed by atoms with Gasteiger partial charge in [0.2, 0.25) is 0 Å². The molecule has 2 aromatic carbocycles. The third kappa shape index (κ3) is 3.61. The summed E-state index contributed by atoms with van der Waals surface area (Å²) < 4.78 is 0. The van der Waals surface area contributed by atoms with Gasteiger partial charge >= 0.3 is 0 Å². The van der Waals surface area contributed by atoms with E-state index in [1.165, 1.54) is 23.5 Å². The molecular weight excluding hydrogens is 310 g/mol. The van der Waals surface area contributed by atoms with Crippen LogP contribution in [0.25, 0.3) is 11.3 Å². The summed E-state index contributed by atoms with van der Waals surface area (Å²) in [4.78, 5) is 14.9. The van der Waals surface area contributed by atoms with Gasteiger partial charge in [-0.25, -0.2) is 4.98 Å². The molecule has 0 fully saturated rings. The first-order valence-electron chi connectivity index (χ1n) is 7.13. The topological polar surface area (TPSA) is 82.0 Å². The van der Waals surface area contributed by atoms with Crippen LogP contribution < -0.4 is 5.73 Å². The van der Waals surface area contributed by atoms with Crippen molar-refractivity contribution in [1.82, 2.24) is 4.98 Å². The van der Waals surface area contributed by atoms with Crippen molar-refractivity contribution in [2.45, 2.75) is 12.5 Å². The van der Waals surface area contributed by atoms with E-state index in [9.17, 15) is 10.1 Å². The maximum atomic E-state index is 10.7. The average molecular weight is 325 g/mol. The van der Waals surface area contributed by atoms with E-state index in [1.807, 2.05) is 35.7 Å². The van der Waals surface area contributed by atoms with E-state index in [4.69, 9.17) is 5.73 Å². The molecule has 0 aliphatic rings. The summed E-state index contributed by atoms with van der Waals surface area (Å²) in [6, 6.07) is 16.2. The second kappa shape index (κ2) is 6.68. The number of nitro groups is 1. The van der Waals surface area contributed by atoms with Gasteiger partial charge in [0.1, 0.15) is 5.01 Å². The Morgan fingerprint density at radius 1 is 1.13 bits per heavy atom. The second-order valence-electron chi connectivity index (χ2n) is 5.17. The lowest BCUT2D eigenvalue weighted by atomic mass is 10.1. The fourth-order valence-corrected chi connectivity index (χ4v) is 3.12. The smallest absolute Gasteiger partial charge is 0.269 e. The van der Waals surface area contributed by atoms with Gasteiger partial charge in [0.25, 0.3) is 5.69 Å². The molecule has 23 heavy (non-hydrogen) atoms. The summed E-state index contributed by atoms with van der Waals surface area (Å²) in [5, 5.41) is 13.5. The minimum absolute atomic E-state index is 0.0860. The fourth-order valence-electron chi connectivity index (χ4n) is 2.29. The number of aromatic nitrogens is 1. The monoisotopic (exact) mass is 325 g/mol. The molecule has 0 spiro atoms. The third-order valence-electron chi connectivity index (χ3n) is 3.51. The van der Waals surface area contributed by atoms with Crippen LogP contribution in [-0.4, -0.2) is 9.91 Å². The van der Waals surface area contributed by atoms with Crippen molar-refractivity contribution >= 4 is 17.0 Å². The van der Waals surface area contributed by atoms with Gasteiger partial charge in [-0.3, -0.25) is 10.1 Å². The van der Waals surface area contributed by atoms with E-state index in [2.05, 4.69) is 4.98 Å². The number of thiazole rings is 1. The van der Waals surface area contributed by atoms with Gasteiger partial charge in [-0.2, -0.15) is 0 Å². The van der Waals surface area contributed by atoms with Crippen LogP contribution in [0.5, 0.6) is 0 Å². The highest BCUT2D eigenvalue weighted by Gasteiger charge is 2.13. The standard InChI is InChI=1S/C17H15N3O2S/c18-15(10-12-6-8-14(9-7-12)20(21)22)17-19-16(11-23-17)13-4-2-1-3-5-13/h1-9,11,15H,10,18H2/t15-/m0/s1. The molecule has 0 radical (unpaired) electrons. The van der Waals surface area contributed by atoms with Gasteiger partial charge < -0.3 is 5.73 Å². The maximum absolute atomic E-state index is 10.7. The van der Waals surface area contributed by atoms with Gasteiger partial charge in [-0.1, -0.05) is 42.5 Å². The van der Waals surface area contributed by atoms with Crippen LogP contribution >= 0.6 is 11.3 Å². The van der Waals surface area contributed by atoms with Crippen LogP contribution in [0.2, 0.25) is 0 Å². The first kappa shape index (κ1) is 15.3. The van der Waals surface area contributed by atoms with Crippen LogP contribution in [0.3, 0.4) is 0 Å². The van der Waals surface area contributed by atoms with Crippen LogP contribution in [0.4, 0.5) is 5.69 Å². The Morgan fingerprint density at radius 2 is 1.83 bits per heavy atom. The Labute approximate surface area is 137 Å². The number of benzene rings is 2. The van der Waals surface area contributed by atoms with Crippen LogP contribution in [0.15, 0.2) is 60.0 Å². The maximum Gasteiger partial charge on any atom is 0.269 e. The zero-order chi connectivity index (χ0) is 16.2. The number of nitrogens with two attached hydrogens (primary N) is 1. The lowest BCUT2D eigenvalue weighted by Gasteiger charge is -2.08. The lowest BCUT2D eigenvalue weighted by molar-refractivity contribution is -0.384. The summed E-state index contributed by atoms with van der Waals surface area (Å²) in [6.45, 7) is 0. The lowest BCUT2D eigenvalue weighted by Crippen LogP contribution is -2.13. The average Bonchev–Trinajstić information content (AvgIpc) is 3.06. The van der Waals surface area contributed by atoms with E-state index in [-0.39, 0.29) is 11.7 Å². The number of nitrogens with zero attached hydrogens (tertiary/aromatic N) is 2. The predicted octanol–water partition coefficient (Wildman–Crippen LogP) is 3.96. The van der Waals surface area contributed by atoms with Gasteiger partial charge in [0, 0.05) is 23.1 Å². The number of nitro benzene ring substituents is 1. The molecule has 0 aliphatic heterocycles. The van der Waals surface area contributed by atoms with Crippen molar-refractivity contribution in [3.05, 3.63) is 80.7 Å². The Balaban J connectivity index is 1.72. The normalized spacial score (nSPS) is 12.0. The molecule has 3 rings (SSSR count). The number of non-ortho nitro benzene ring substituents is 1. The summed E-state index contributed by atoms with van der Waals surface area (Å²) >= 11 is 1.54. The van der Waals surface area contributed by atoms with Gasteiger partial charge in [0.05, 0.1) is 16.7 Å². The minimum Gasteiger partial charge on any atom is -0.322 e. The quantitative estimate of drug-likeness (QED) is 0.568. The van der Waals surface area contributed by atoms with Crippen LogP contribution in [0, 0.1) is 10.1 Å². The SMILES string of the molecule is N[C@@H](Cc1ccc([N+](=O)[O-])cc1)c1nc(-c2ccccc2)cs1. The van der Waals surface area contributed by atoms with Crippen molar-refractivity contribution in [3.63, 3.8) is 0 Å². The molecule has 1 heterocycles. The Hall–Kier alpha value is -2.57. The Bertz CT molecular complexity index is 800. The van der Waals surface area contributed by atoms with E-state index < -0.39 is 4.92 Å². The third-order valence-corrected chi connectivity index (χ3v) is 4.49. The molecule has 0 bridgehead atoms. The molecular formula is C17H15N3O2S. The van der Waals surface area contributed by atoms with Crippen LogP contribution in [0.1, 0.15) is 16.6 Å². The van der Waals surface area contributed by atoms with Crippen LogP contribution in [-0.2, 0) is 6.42 Å². The molecule has 116 valence electrons. The zero-order valence-corrected chi connectivity index (χ0v) is 13.1. The predicted molar refractivity (Wildman–Crippen MR) is 91.3 cm³/mol. The molecule has 3 aromatic rings. The molecule has 0 unspecified atom stereocenters. The Kier molecular flexibility index (Phi) is 4.45. The van der Waals surface area contributed by atoms with Crippen molar-refractivity contribution in [2.75, 3.05) is 0 Å². The summed E-state index contributed by atoms with van der Waals surface area (Å²) in [5.41, 5.74) is 9.26. The first-order valence-corrected chi connectivity index (χ1v) is 8.01. The van der Waals surface area contributed by atoms with Crippen molar-refractivity contribution in [2.24, 2.45) is 5.73 Å². The van der Waals surface area contributed by atoms with E-state index >= 15 is 0 Å². The molecule has 0 saturated carbocycles. The molecule has 1 atom stereocenters. The number of hydrogen-bond acceptors (Lipinski definition) is 5. The number of rotatable bonds is 5. The highest BCUT2D eigenvalue weighted by molar-refractivity contribution is 7.10. The van der Waals surface area contributed by atoms with Crippen molar-refractivity contribution < 1.29 is 4.92 Å². The minimum atomic E-state index is -0.406. The van der Waals surface area contributed by atoms with E-state index in [0.717, 1.165) is 21.8 Å². The Morgan fingerprint density at radius 3 is 2.48 bits per heavy atom. The van der Waals surface area contributed by atoms with Crippen molar-refractivity contribution in [3.8, 4) is 11.3 Å². The molecule has 2 N–H and O–H groups in total. The summed E-state index contributed by atoms with van der Waals surface area (Å²) in [5.74, 6) is 0. The summed E-state index contributed by atoms with van der Waals surface area (Å²) in [6.07, 6.45) is 0.597. The number of hydrogen-bond donors (Lipinski definition) is 1. The summed E-state index contributed by atoms with van der Waals surface area (Å²) in [7, 11) is 0. The first-order chi connectivity index (χ1) is 11.1. The van der Waals surface area contributed by atoms with Gasteiger partial charge in [-0.05, 0) is 12.0 Å². The van der Waals surface area contributed by atoms with E-state index in [1.54, 1.807) is 12.1 Å². The highest BCUT2D eigenvalue weighted by Crippen LogP contribution is 2.26. The second-order valence-corrected chi connectivity index (χ2v) is 6.06. The molecule has 1 aromatic heterocycles. The van der Waals surface area contributed by atoms with E-state index in [0.29, 0.717) is 6.42 Å².